The predicted molar refractivity (Wildman–Crippen MR) is 55.6 cm³/mol. The van der Waals surface area contributed by atoms with E-state index < -0.39 is 0 Å². The van der Waals surface area contributed by atoms with E-state index >= 15 is 0 Å². The van der Waals surface area contributed by atoms with Gasteiger partial charge in [0, 0.05) is 20.1 Å². The number of nitrogens with zero attached hydrogens (tertiary/aromatic N) is 3. The molecule has 1 amide bonds. The van der Waals surface area contributed by atoms with E-state index in [1.807, 2.05) is 30.3 Å². The van der Waals surface area contributed by atoms with Gasteiger partial charge < -0.3 is 0 Å². The van der Waals surface area contributed by atoms with Crippen molar-refractivity contribution in [2.45, 2.75) is 0 Å². The van der Waals surface area contributed by atoms with E-state index in [0.29, 0.717) is 13.1 Å². The Kier molecular flexibility index (Phi) is 1.70. The van der Waals surface area contributed by atoms with Crippen molar-refractivity contribution >= 4 is 11.7 Å². The number of fused-ring (bicyclic) bond motifs is 2. The Morgan fingerprint density at radius 3 is 3.33 bits per heavy atom. The standard InChI is InChI=1S/C10H12N4O/c1-13-9-7(6-11-13)10(15)14-5-3-2-4-8(14)12-9/h2-4,7,11H,5-6H2,1H3. The summed E-state index contributed by atoms with van der Waals surface area (Å²) in [5, 5.41) is 1.83. The summed E-state index contributed by atoms with van der Waals surface area (Å²) in [4.78, 5) is 18.3. The molecule has 5 nitrogen and oxygen atoms in total. The van der Waals surface area contributed by atoms with E-state index in [0.717, 1.165) is 11.7 Å². The second-order valence-corrected chi connectivity index (χ2v) is 3.85. The van der Waals surface area contributed by atoms with E-state index in [1.54, 1.807) is 4.90 Å². The van der Waals surface area contributed by atoms with Crippen LogP contribution in [0.15, 0.2) is 29.0 Å². The van der Waals surface area contributed by atoms with Crippen LogP contribution in [0.3, 0.4) is 0 Å². The number of hydrogen-bond acceptors (Lipinski definition) is 4. The number of amides is 1. The number of carbonyl (C=O) groups is 1. The molecule has 0 aromatic heterocycles. The molecule has 15 heavy (non-hydrogen) atoms. The lowest BCUT2D eigenvalue weighted by molar-refractivity contribution is -0.131. The highest BCUT2D eigenvalue weighted by Gasteiger charge is 2.40. The zero-order valence-corrected chi connectivity index (χ0v) is 8.47. The summed E-state index contributed by atoms with van der Waals surface area (Å²) in [6.45, 7) is 1.29. The van der Waals surface area contributed by atoms with E-state index in [4.69, 9.17) is 0 Å². The van der Waals surface area contributed by atoms with Crippen LogP contribution in [0.5, 0.6) is 0 Å². The molecule has 3 heterocycles. The van der Waals surface area contributed by atoms with Crippen molar-refractivity contribution in [2.24, 2.45) is 10.9 Å². The Morgan fingerprint density at radius 1 is 1.60 bits per heavy atom. The number of aliphatic imine (C=N–C) groups is 1. The van der Waals surface area contributed by atoms with E-state index in [-0.39, 0.29) is 11.8 Å². The first kappa shape index (κ1) is 8.67. The monoisotopic (exact) mass is 204 g/mol. The molecule has 5 heteroatoms. The number of hydrogen-bond donors (Lipinski definition) is 1. The largest absolute Gasteiger partial charge is 0.298 e. The molecule has 1 fully saturated rings. The Morgan fingerprint density at radius 2 is 2.47 bits per heavy atom. The molecule has 0 bridgehead atoms. The maximum atomic E-state index is 12.1. The summed E-state index contributed by atoms with van der Waals surface area (Å²) in [7, 11) is 1.89. The fourth-order valence-electron chi connectivity index (χ4n) is 2.09. The highest BCUT2D eigenvalue weighted by atomic mass is 16.2. The molecule has 0 aromatic carbocycles. The van der Waals surface area contributed by atoms with E-state index in [1.165, 1.54) is 0 Å². The summed E-state index contributed by atoms with van der Waals surface area (Å²) in [6.07, 6.45) is 5.77. The number of carbonyl (C=O) groups excluding carboxylic acids is 1. The van der Waals surface area contributed by atoms with Gasteiger partial charge >= 0.3 is 0 Å². The van der Waals surface area contributed by atoms with Crippen LogP contribution < -0.4 is 5.43 Å². The van der Waals surface area contributed by atoms with Crippen molar-refractivity contribution < 1.29 is 4.79 Å². The average molecular weight is 204 g/mol. The Labute approximate surface area is 87.7 Å². The maximum Gasteiger partial charge on any atom is 0.240 e. The maximum absolute atomic E-state index is 12.1. The third-order valence-electron chi connectivity index (χ3n) is 2.93. The second kappa shape index (κ2) is 2.93. The van der Waals surface area contributed by atoms with E-state index in [2.05, 4.69) is 10.4 Å². The SMILES string of the molecule is CN1NCC2C(=O)N3CC=CC=C3N=C21. The fourth-order valence-corrected chi connectivity index (χ4v) is 2.09. The summed E-state index contributed by atoms with van der Waals surface area (Å²) in [5.74, 6) is 1.62. The van der Waals surface area contributed by atoms with Crippen LogP contribution in [0.25, 0.3) is 0 Å². The van der Waals surface area contributed by atoms with Gasteiger partial charge in [0.1, 0.15) is 17.6 Å². The molecule has 1 saturated heterocycles. The topological polar surface area (TPSA) is 47.9 Å². The summed E-state index contributed by atoms with van der Waals surface area (Å²) < 4.78 is 0. The van der Waals surface area contributed by atoms with Crippen molar-refractivity contribution in [3.63, 3.8) is 0 Å². The van der Waals surface area contributed by atoms with Crippen molar-refractivity contribution in [1.82, 2.24) is 15.3 Å². The molecule has 0 saturated carbocycles. The van der Waals surface area contributed by atoms with Gasteiger partial charge in [-0.1, -0.05) is 12.2 Å². The van der Waals surface area contributed by atoms with Crippen molar-refractivity contribution in [2.75, 3.05) is 20.1 Å². The molecule has 0 aromatic rings. The molecular weight excluding hydrogens is 192 g/mol. The van der Waals surface area contributed by atoms with Crippen LogP contribution in [0, 0.1) is 5.92 Å². The Hall–Kier alpha value is -1.62. The molecule has 78 valence electrons. The first-order valence-corrected chi connectivity index (χ1v) is 5.01. The average Bonchev–Trinajstić information content (AvgIpc) is 2.62. The van der Waals surface area contributed by atoms with Gasteiger partial charge in [-0.25, -0.2) is 10.4 Å². The van der Waals surface area contributed by atoms with Crippen LogP contribution in [-0.4, -0.2) is 41.8 Å². The highest BCUT2D eigenvalue weighted by molar-refractivity contribution is 6.07. The number of amidine groups is 1. The minimum absolute atomic E-state index is 0.112. The Balaban J connectivity index is 2.07. The number of rotatable bonds is 0. The molecule has 0 aliphatic carbocycles. The lowest BCUT2D eigenvalue weighted by Crippen LogP contribution is -2.44. The predicted octanol–water partition coefficient (Wildman–Crippen LogP) is -0.295. The minimum Gasteiger partial charge on any atom is -0.298 e. The van der Waals surface area contributed by atoms with Crippen LogP contribution >= 0.6 is 0 Å². The van der Waals surface area contributed by atoms with Crippen molar-refractivity contribution in [1.29, 1.82) is 0 Å². The molecule has 1 unspecified atom stereocenters. The fraction of sp³-hybridized carbons (Fsp3) is 0.400. The normalized spacial score (nSPS) is 28.6. The first-order valence-electron chi connectivity index (χ1n) is 5.01. The summed E-state index contributed by atoms with van der Waals surface area (Å²) >= 11 is 0. The highest BCUT2D eigenvalue weighted by Crippen LogP contribution is 2.25. The number of allylic oxidation sites excluding steroid dienone is 2. The van der Waals surface area contributed by atoms with Gasteiger partial charge in [-0.15, -0.1) is 0 Å². The summed E-state index contributed by atoms with van der Waals surface area (Å²) in [5.41, 5.74) is 3.11. The van der Waals surface area contributed by atoms with Crippen molar-refractivity contribution in [3.05, 3.63) is 24.0 Å². The second-order valence-electron chi connectivity index (χ2n) is 3.85. The third-order valence-corrected chi connectivity index (χ3v) is 2.93. The van der Waals surface area contributed by atoms with E-state index in [9.17, 15) is 4.79 Å². The smallest absolute Gasteiger partial charge is 0.240 e. The van der Waals surface area contributed by atoms with Crippen LogP contribution in [0.2, 0.25) is 0 Å². The van der Waals surface area contributed by atoms with Gasteiger partial charge in [-0.2, -0.15) is 0 Å². The van der Waals surface area contributed by atoms with Gasteiger partial charge in [0.15, 0.2) is 0 Å². The molecule has 3 aliphatic heterocycles. The summed E-state index contributed by atoms with van der Waals surface area (Å²) in [6, 6.07) is 0. The van der Waals surface area contributed by atoms with Crippen LogP contribution in [-0.2, 0) is 4.79 Å². The molecule has 0 radical (unpaired) electrons. The molecule has 1 N–H and O–H groups in total. The number of nitrogens with one attached hydrogen (secondary N) is 1. The molecule has 3 aliphatic rings. The lowest BCUT2D eigenvalue weighted by atomic mass is 10.1. The quantitative estimate of drug-likeness (QED) is 0.589. The van der Waals surface area contributed by atoms with Gasteiger partial charge in [-0.3, -0.25) is 14.7 Å². The molecule has 1 atom stereocenters. The molecule has 0 spiro atoms. The van der Waals surface area contributed by atoms with Gasteiger partial charge in [0.25, 0.3) is 0 Å². The van der Waals surface area contributed by atoms with Gasteiger partial charge in [0.05, 0.1) is 0 Å². The van der Waals surface area contributed by atoms with Crippen molar-refractivity contribution in [3.8, 4) is 0 Å². The lowest BCUT2D eigenvalue weighted by Gasteiger charge is -2.31. The minimum atomic E-state index is -0.112. The van der Waals surface area contributed by atoms with Gasteiger partial charge in [0.2, 0.25) is 5.91 Å². The van der Waals surface area contributed by atoms with Crippen LogP contribution in [0.4, 0.5) is 0 Å². The van der Waals surface area contributed by atoms with Crippen LogP contribution in [0.1, 0.15) is 0 Å². The molecule has 3 rings (SSSR count). The zero-order valence-electron chi connectivity index (χ0n) is 8.47. The third kappa shape index (κ3) is 1.13. The first-order chi connectivity index (χ1) is 7.27. The van der Waals surface area contributed by atoms with Gasteiger partial charge in [-0.05, 0) is 6.08 Å². The Bertz CT molecular complexity index is 410. The zero-order chi connectivity index (χ0) is 10.4. The number of hydrazine groups is 1. The molecular formula is C10H12N4O.